The maximum absolute atomic E-state index is 3.17. The van der Waals surface area contributed by atoms with Crippen LogP contribution in [-0.2, 0) is 13.0 Å². The first kappa shape index (κ1) is 15.1. The second-order valence-electron chi connectivity index (χ2n) is 4.97. The van der Waals surface area contributed by atoms with Crippen molar-refractivity contribution in [3.05, 3.63) is 65.7 Å². The SMILES string of the molecule is CNCc1ccc(SCCCCc2ccccc2)cc1. The largest absolute Gasteiger partial charge is 0.316 e. The molecule has 0 aliphatic carbocycles. The smallest absolute Gasteiger partial charge is 0.0202 e. The second kappa shape index (κ2) is 8.83. The van der Waals surface area contributed by atoms with Gasteiger partial charge in [-0.3, -0.25) is 0 Å². The number of aryl methyl sites for hydroxylation is 1. The quantitative estimate of drug-likeness (QED) is 0.565. The molecular weight excluding hydrogens is 262 g/mol. The zero-order valence-corrected chi connectivity index (χ0v) is 13.0. The van der Waals surface area contributed by atoms with Crippen molar-refractivity contribution in [3.63, 3.8) is 0 Å². The Balaban J connectivity index is 1.63. The lowest BCUT2D eigenvalue weighted by Gasteiger charge is -2.04. The van der Waals surface area contributed by atoms with Crippen molar-refractivity contribution in [1.82, 2.24) is 5.32 Å². The monoisotopic (exact) mass is 285 g/mol. The fourth-order valence-corrected chi connectivity index (χ4v) is 3.09. The highest BCUT2D eigenvalue weighted by molar-refractivity contribution is 7.99. The standard InChI is InChI=1S/C18H23NS/c1-19-15-17-10-12-18(13-11-17)20-14-6-5-9-16-7-3-2-4-8-16/h2-4,7-8,10-13,19H,5-6,9,14-15H2,1H3. The summed E-state index contributed by atoms with van der Waals surface area (Å²) in [7, 11) is 1.98. The van der Waals surface area contributed by atoms with E-state index in [2.05, 4.69) is 59.9 Å². The lowest BCUT2D eigenvalue weighted by Crippen LogP contribution is -2.04. The molecule has 0 fully saturated rings. The summed E-state index contributed by atoms with van der Waals surface area (Å²) in [4.78, 5) is 1.38. The lowest BCUT2D eigenvalue weighted by molar-refractivity contribution is 0.802. The van der Waals surface area contributed by atoms with Crippen LogP contribution in [0.25, 0.3) is 0 Å². The van der Waals surface area contributed by atoms with E-state index in [9.17, 15) is 0 Å². The van der Waals surface area contributed by atoms with E-state index in [0.29, 0.717) is 0 Å². The van der Waals surface area contributed by atoms with Gasteiger partial charge < -0.3 is 5.32 Å². The number of hydrogen-bond donors (Lipinski definition) is 1. The first-order valence-corrected chi connectivity index (χ1v) is 8.27. The van der Waals surface area contributed by atoms with Crippen LogP contribution in [0.4, 0.5) is 0 Å². The maximum Gasteiger partial charge on any atom is 0.0202 e. The van der Waals surface area contributed by atoms with Crippen LogP contribution in [0.2, 0.25) is 0 Å². The van der Waals surface area contributed by atoms with Gasteiger partial charge in [-0.05, 0) is 55.3 Å². The Kier molecular flexibility index (Phi) is 6.69. The highest BCUT2D eigenvalue weighted by Gasteiger charge is 1.96. The van der Waals surface area contributed by atoms with E-state index < -0.39 is 0 Å². The summed E-state index contributed by atoms with van der Waals surface area (Å²) in [5, 5.41) is 3.17. The van der Waals surface area contributed by atoms with E-state index in [1.807, 2.05) is 18.8 Å². The summed E-state index contributed by atoms with van der Waals surface area (Å²) >= 11 is 1.96. The number of benzene rings is 2. The Hall–Kier alpha value is -1.25. The summed E-state index contributed by atoms with van der Waals surface area (Å²) in [6.07, 6.45) is 3.75. The minimum absolute atomic E-state index is 0.946. The minimum atomic E-state index is 0.946. The molecule has 1 nitrogen and oxygen atoms in total. The van der Waals surface area contributed by atoms with Crippen LogP contribution >= 0.6 is 11.8 Å². The first-order valence-electron chi connectivity index (χ1n) is 7.29. The highest BCUT2D eigenvalue weighted by atomic mass is 32.2. The van der Waals surface area contributed by atoms with Gasteiger partial charge in [-0.25, -0.2) is 0 Å². The van der Waals surface area contributed by atoms with Crippen LogP contribution in [-0.4, -0.2) is 12.8 Å². The summed E-state index contributed by atoms with van der Waals surface area (Å²) < 4.78 is 0. The van der Waals surface area contributed by atoms with Crippen molar-refractivity contribution in [2.45, 2.75) is 30.7 Å². The van der Waals surface area contributed by atoms with Gasteiger partial charge >= 0.3 is 0 Å². The van der Waals surface area contributed by atoms with Gasteiger partial charge in [0.15, 0.2) is 0 Å². The fraction of sp³-hybridized carbons (Fsp3) is 0.333. The predicted octanol–water partition coefficient (Wildman–Crippen LogP) is 4.52. The average molecular weight is 285 g/mol. The molecule has 2 rings (SSSR count). The third-order valence-electron chi connectivity index (χ3n) is 3.28. The van der Waals surface area contributed by atoms with Crippen molar-refractivity contribution in [1.29, 1.82) is 0 Å². The van der Waals surface area contributed by atoms with Gasteiger partial charge in [-0.15, -0.1) is 11.8 Å². The molecule has 0 saturated carbocycles. The molecule has 0 aliphatic rings. The molecule has 0 aliphatic heterocycles. The fourth-order valence-electron chi connectivity index (χ4n) is 2.17. The molecule has 20 heavy (non-hydrogen) atoms. The summed E-state index contributed by atoms with van der Waals surface area (Å²) in [5.41, 5.74) is 2.80. The highest BCUT2D eigenvalue weighted by Crippen LogP contribution is 2.20. The molecule has 0 saturated heterocycles. The molecule has 0 amide bonds. The van der Waals surface area contributed by atoms with E-state index in [0.717, 1.165) is 6.54 Å². The zero-order chi connectivity index (χ0) is 14.0. The number of unbranched alkanes of at least 4 members (excludes halogenated alkanes) is 1. The number of thioether (sulfide) groups is 1. The third-order valence-corrected chi connectivity index (χ3v) is 4.37. The number of nitrogens with one attached hydrogen (secondary N) is 1. The number of hydrogen-bond acceptors (Lipinski definition) is 2. The van der Waals surface area contributed by atoms with Gasteiger partial charge in [0.1, 0.15) is 0 Å². The summed E-state index contributed by atoms with van der Waals surface area (Å²) in [5.74, 6) is 1.21. The van der Waals surface area contributed by atoms with E-state index in [1.54, 1.807) is 0 Å². The second-order valence-corrected chi connectivity index (χ2v) is 6.13. The molecule has 0 spiro atoms. The zero-order valence-electron chi connectivity index (χ0n) is 12.1. The van der Waals surface area contributed by atoms with Gasteiger partial charge in [-0.2, -0.15) is 0 Å². The molecule has 0 aromatic heterocycles. The van der Waals surface area contributed by atoms with E-state index >= 15 is 0 Å². The van der Waals surface area contributed by atoms with Crippen LogP contribution < -0.4 is 5.32 Å². The Labute approximate surface area is 126 Å². The normalized spacial score (nSPS) is 10.7. The number of rotatable bonds is 8. The van der Waals surface area contributed by atoms with Crippen molar-refractivity contribution < 1.29 is 0 Å². The first-order chi connectivity index (χ1) is 9.88. The molecular formula is C18H23NS. The molecule has 2 heteroatoms. The topological polar surface area (TPSA) is 12.0 Å². The van der Waals surface area contributed by atoms with Crippen molar-refractivity contribution in [2.24, 2.45) is 0 Å². The Morgan fingerprint density at radius 2 is 1.60 bits per heavy atom. The van der Waals surface area contributed by atoms with Gasteiger partial charge in [0.05, 0.1) is 0 Å². The van der Waals surface area contributed by atoms with Crippen LogP contribution in [0, 0.1) is 0 Å². The molecule has 0 bridgehead atoms. The van der Waals surface area contributed by atoms with E-state index in [1.165, 1.54) is 41.0 Å². The Bertz CT molecular complexity index is 479. The Morgan fingerprint density at radius 3 is 2.30 bits per heavy atom. The molecule has 2 aromatic carbocycles. The predicted molar refractivity (Wildman–Crippen MR) is 89.3 cm³/mol. The minimum Gasteiger partial charge on any atom is -0.316 e. The molecule has 0 heterocycles. The molecule has 0 atom stereocenters. The van der Waals surface area contributed by atoms with E-state index in [-0.39, 0.29) is 0 Å². The van der Waals surface area contributed by atoms with Gasteiger partial charge in [0, 0.05) is 11.4 Å². The Morgan fingerprint density at radius 1 is 0.850 bits per heavy atom. The van der Waals surface area contributed by atoms with Crippen molar-refractivity contribution in [3.8, 4) is 0 Å². The van der Waals surface area contributed by atoms with Crippen LogP contribution in [0.5, 0.6) is 0 Å². The van der Waals surface area contributed by atoms with Crippen LogP contribution in [0.3, 0.4) is 0 Å². The van der Waals surface area contributed by atoms with Crippen molar-refractivity contribution in [2.75, 3.05) is 12.8 Å². The molecule has 1 N–H and O–H groups in total. The van der Waals surface area contributed by atoms with Gasteiger partial charge in [0.2, 0.25) is 0 Å². The molecule has 106 valence electrons. The van der Waals surface area contributed by atoms with E-state index in [4.69, 9.17) is 0 Å². The van der Waals surface area contributed by atoms with Gasteiger partial charge in [0.25, 0.3) is 0 Å². The van der Waals surface area contributed by atoms with Gasteiger partial charge in [-0.1, -0.05) is 42.5 Å². The lowest BCUT2D eigenvalue weighted by atomic mass is 10.1. The molecule has 0 radical (unpaired) electrons. The summed E-state index contributed by atoms with van der Waals surface area (Å²) in [6.45, 7) is 0.946. The average Bonchev–Trinajstić information content (AvgIpc) is 2.50. The van der Waals surface area contributed by atoms with Crippen LogP contribution in [0.1, 0.15) is 24.0 Å². The maximum atomic E-state index is 3.17. The molecule has 2 aromatic rings. The van der Waals surface area contributed by atoms with Crippen LogP contribution in [0.15, 0.2) is 59.5 Å². The third kappa shape index (κ3) is 5.40. The molecule has 0 unspecified atom stereocenters. The van der Waals surface area contributed by atoms with Crippen molar-refractivity contribution >= 4 is 11.8 Å². The summed E-state index contributed by atoms with van der Waals surface area (Å²) in [6, 6.07) is 19.6.